The lowest BCUT2D eigenvalue weighted by Crippen LogP contribution is -2.34. The molecule has 1 fully saturated rings. The first kappa shape index (κ1) is 8.22. The van der Waals surface area contributed by atoms with Gasteiger partial charge in [-0.2, -0.15) is 0 Å². The van der Waals surface area contributed by atoms with Gasteiger partial charge >= 0.3 is 0 Å². The summed E-state index contributed by atoms with van der Waals surface area (Å²) >= 11 is 2.65. The summed E-state index contributed by atoms with van der Waals surface area (Å²) in [5, 5.41) is 0. The summed E-state index contributed by atoms with van der Waals surface area (Å²) in [4.78, 5) is 0. The zero-order valence-corrected chi connectivity index (χ0v) is 10.8. The standard InChI is InChI=1S/C5H14INSi2/c6-8-9-7-4-2-1-3-5-7/h1-5,8-9H2. The van der Waals surface area contributed by atoms with E-state index in [2.05, 4.69) is 26.4 Å². The third-order valence-corrected chi connectivity index (χ3v) is 10.0. The van der Waals surface area contributed by atoms with Gasteiger partial charge in [-0.25, -0.2) is 0 Å². The molecule has 0 aliphatic carbocycles. The van der Waals surface area contributed by atoms with E-state index in [0.29, 0.717) is 15.7 Å². The van der Waals surface area contributed by atoms with Crippen LogP contribution in [0.3, 0.4) is 0 Å². The second-order valence-corrected chi connectivity index (χ2v) is 16.5. The van der Waals surface area contributed by atoms with Crippen LogP contribution in [0.4, 0.5) is 0 Å². The molecule has 0 bridgehead atoms. The molecule has 0 unspecified atom stereocenters. The summed E-state index contributed by atoms with van der Waals surface area (Å²) in [6.45, 7) is 3.30. The zero-order chi connectivity index (χ0) is 6.53. The molecule has 9 heavy (non-hydrogen) atoms. The fourth-order valence-electron chi connectivity index (χ4n) is 1.30. The lowest BCUT2D eigenvalue weighted by Gasteiger charge is -2.25. The predicted octanol–water partition coefficient (Wildman–Crippen LogP) is -0.0101. The number of hydrogen-bond acceptors (Lipinski definition) is 1. The maximum absolute atomic E-state index is 2.77. The molecule has 1 saturated heterocycles. The van der Waals surface area contributed by atoms with Crippen LogP contribution in [0.25, 0.3) is 0 Å². The average molecular weight is 271 g/mol. The highest BCUT2D eigenvalue weighted by Crippen LogP contribution is 2.06. The minimum Gasteiger partial charge on any atom is -0.331 e. The van der Waals surface area contributed by atoms with Gasteiger partial charge in [-0.3, -0.25) is 0 Å². The highest BCUT2D eigenvalue weighted by Gasteiger charge is 2.07. The molecule has 4 heteroatoms. The molecule has 1 aliphatic heterocycles. The van der Waals surface area contributed by atoms with E-state index in [9.17, 15) is 0 Å². The normalized spacial score (nSPS) is 25.0. The van der Waals surface area contributed by atoms with Crippen LogP contribution in [-0.4, -0.2) is 33.4 Å². The van der Waals surface area contributed by atoms with Crippen LogP contribution < -0.4 is 0 Å². The van der Waals surface area contributed by atoms with E-state index in [0.717, 1.165) is 0 Å². The molecule has 0 aromatic rings. The van der Waals surface area contributed by atoms with Crippen molar-refractivity contribution in [3.8, 4) is 0 Å². The summed E-state index contributed by atoms with van der Waals surface area (Å²) in [6, 6.07) is 0. The monoisotopic (exact) mass is 271 g/mol. The summed E-state index contributed by atoms with van der Waals surface area (Å²) in [6.07, 6.45) is 4.46. The van der Waals surface area contributed by atoms with Crippen molar-refractivity contribution in [2.45, 2.75) is 19.3 Å². The molecule has 0 spiro atoms. The van der Waals surface area contributed by atoms with Gasteiger partial charge in [0.2, 0.25) is 0 Å². The van der Waals surface area contributed by atoms with E-state index in [1.165, 1.54) is 32.4 Å². The number of hydrogen-bond donors (Lipinski definition) is 0. The highest BCUT2D eigenvalue weighted by atomic mass is 127. The topological polar surface area (TPSA) is 3.24 Å². The first-order valence-corrected chi connectivity index (χ1v) is 13.5. The van der Waals surface area contributed by atoms with E-state index in [1.807, 2.05) is 0 Å². The molecule has 54 valence electrons. The van der Waals surface area contributed by atoms with Crippen LogP contribution >= 0.6 is 21.8 Å². The van der Waals surface area contributed by atoms with Crippen molar-refractivity contribution in [3.63, 3.8) is 0 Å². The minimum atomic E-state index is 0.335. The Morgan fingerprint density at radius 3 is 2.33 bits per heavy atom. The van der Waals surface area contributed by atoms with E-state index in [4.69, 9.17) is 0 Å². The van der Waals surface area contributed by atoms with Crippen molar-refractivity contribution in [1.82, 2.24) is 4.57 Å². The van der Waals surface area contributed by atoms with E-state index in [-0.39, 0.29) is 0 Å². The zero-order valence-electron chi connectivity index (χ0n) is 5.77. The second kappa shape index (κ2) is 4.87. The summed E-state index contributed by atoms with van der Waals surface area (Å²) in [7, 11) is 0.335. The summed E-state index contributed by atoms with van der Waals surface area (Å²) in [5.41, 5.74) is 0. The molecule has 1 aliphatic rings. The smallest absolute Gasteiger partial charge is 0.0973 e. The number of piperidine rings is 1. The van der Waals surface area contributed by atoms with Crippen molar-refractivity contribution >= 4 is 37.5 Å². The van der Waals surface area contributed by atoms with Crippen LogP contribution in [0.5, 0.6) is 0 Å². The lowest BCUT2D eigenvalue weighted by molar-refractivity contribution is 0.365. The minimum absolute atomic E-state index is 0.335. The molecule has 1 rings (SSSR count). The molecule has 0 amide bonds. The SMILES string of the molecule is I[SiH2][SiH2]N1CCCCC1. The van der Waals surface area contributed by atoms with Crippen molar-refractivity contribution in [1.29, 1.82) is 0 Å². The maximum Gasteiger partial charge on any atom is 0.0973 e. The third kappa shape index (κ3) is 3.15. The molecule has 0 aromatic heterocycles. The van der Waals surface area contributed by atoms with Crippen molar-refractivity contribution in [2.24, 2.45) is 0 Å². The molecular weight excluding hydrogens is 257 g/mol. The Balaban J connectivity index is 2.08. The van der Waals surface area contributed by atoms with Crippen LogP contribution in [-0.2, 0) is 0 Å². The van der Waals surface area contributed by atoms with Crippen molar-refractivity contribution in [2.75, 3.05) is 13.1 Å². The Bertz CT molecular complexity index is 72.6. The third-order valence-electron chi connectivity index (χ3n) is 1.85. The fraction of sp³-hybridized carbons (Fsp3) is 1.00. The van der Waals surface area contributed by atoms with Gasteiger partial charge in [-0.1, -0.05) is 6.42 Å². The molecule has 0 aromatic carbocycles. The van der Waals surface area contributed by atoms with Crippen molar-refractivity contribution in [3.05, 3.63) is 0 Å². The molecule has 1 heterocycles. The maximum atomic E-state index is 2.77. The largest absolute Gasteiger partial charge is 0.331 e. The predicted molar refractivity (Wildman–Crippen MR) is 56.5 cm³/mol. The summed E-state index contributed by atoms with van der Waals surface area (Å²) < 4.78 is 2.77. The van der Waals surface area contributed by atoms with Gasteiger partial charge in [0, 0.05) is 0 Å². The van der Waals surface area contributed by atoms with E-state index < -0.39 is 0 Å². The van der Waals surface area contributed by atoms with Crippen LogP contribution in [0.2, 0.25) is 0 Å². The van der Waals surface area contributed by atoms with Crippen molar-refractivity contribution < 1.29 is 0 Å². The van der Waals surface area contributed by atoms with Crippen LogP contribution in [0.15, 0.2) is 0 Å². The van der Waals surface area contributed by atoms with Crippen LogP contribution in [0.1, 0.15) is 19.3 Å². The first-order chi connectivity index (χ1) is 4.43. The Labute approximate surface area is 74.3 Å². The Morgan fingerprint density at radius 2 is 1.78 bits per heavy atom. The van der Waals surface area contributed by atoms with E-state index >= 15 is 0 Å². The number of nitrogens with zero attached hydrogens (tertiary/aromatic N) is 1. The van der Waals surface area contributed by atoms with Gasteiger partial charge in [0.25, 0.3) is 0 Å². The first-order valence-electron chi connectivity index (χ1n) is 3.72. The van der Waals surface area contributed by atoms with Crippen LogP contribution in [0, 0.1) is 0 Å². The van der Waals surface area contributed by atoms with E-state index in [1.54, 1.807) is 0 Å². The molecule has 0 atom stereocenters. The molecule has 1 nitrogen and oxygen atoms in total. The van der Waals surface area contributed by atoms with Gasteiger partial charge in [0.05, 0.1) is 15.7 Å². The van der Waals surface area contributed by atoms with Gasteiger partial charge in [0.1, 0.15) is 0 Å². The average Bonchev–Trinajstić information content (AvgIpc) is 1.91. The Hall–Kier alpha value is 1.12. The highest BCUT2D eigenvalue weighted by molar-refractivity contribution is 14.1. The second-order valence-electron chi connectivity index (χ2n) is 2.59. The van der Waals surface area contributed by atoms with Gasteiger partial charge in [-0.05, 0) is 25.9 Å². The Kier molecular flexibility index (Phi) is 4.45. The molecule has 0 N–H and O–H groups in total. The van der Waals surface area contributed by atoms with Gasteiger partial charge in [0.15, 0.2) is 0 Å². The Morgan fingerprint density at radius 1 is 1.11 bits per heavy atom. The molecule has 0 radical (unpaired) electrons. The lowest BCUT2D eigenvalue weighted by atomic mass is 10.2. The number of rotatable bonds is 2. The summed E-state index contributed by atoms with van der Waals surface area (Å²) in [5.74, 6) is 0. The molecule has 0 saturated carbocycles. The van der Waals surface area contributed by atoms with Gasteiger partial charge in [-0.15, -0.1) is 21.8 Å². The van der Waals surface area contributed by atoms with Gasteiger partial charge < -0.3 is 4.57 Å². The number of halogens is 1. The molecular formula is C5H14INSi2. The quantitative estimate of drug-likeness (QED) is 0.388. The fourth-order valence-corrected chi connectivity index (χ4v) is 10.6.